The fourth-order valence-corrected chi connectivity index (χ4v) is 1.95. The van der Waals surface area contributed by atoms with E-state index in [0.29, 0.717) is 12.1 Å². The highest BCUT2D eigenvalue weighted by molar-refractivity contribution is 9.10. The number of halogens is 1. The monoisotopic (exact) mass is 307 g/mol. The van der Waals surface area contributed by atoms with E-state index in [1.165, 1.54) is 0 Å². The molecule has 1 amide bonds. The van der Waals surface area contributed by atoms with E-state index in [-0.39, 0.29) is 5.91 Å². The Kier molecular flexibility index (Phi) is 3.81. The van der Waals surface area contributed by atoms with Crippen LogP contribution in [-0.2, 0) is 6.54 Å². The summed E-state index contributed by atoms with van der Waals surface area (Å²) in [6, 6.07) is 5.61. The summed E-state index contributed by atoms with van der Waals surface area (Å²) in [5, 5.41) is 6.60. The first-order valence-electron chi connectivity index (χ1n) is 5.57. The summed E-state index contributed by atoms with van der Waals surface area (Å²) >= 11 is 3.43. The minimum absolute atomic E-state index is 0.00630. The van der Waals surface area contributed by atoms with Crippen molar-refractivity contribution in [1.82, 2.24) is 15.1 Å². The van der Waals surface area contributed by atoms with E-state index in [4.69, 9.17) is 0 Å². The highest BCUT2D eigenvalue weighted by Gasteiger charge is 2.13. The van der Waals surface area contributed by atoms with Crippen LogP contribution in [0.3, 0.4) is 0 Å². The van der Waals surface area contributed by atoms with Crippen molar-refractivity contribution < 1.29 is 4.79 Å². The molecule has 1 aromatic carbocycles. The minimum Gasteiger partial charge on any atom is -0.337 e. The van der Waals surface area contributed by atoms with E-state index < -0.39 is 0 Å². The average Bonchev–Trinajstić information content (AvgIpc) is 2.84. The number of nitrogens with one attached hydrogen (secondary N) is 1. The van der Waals surface area contributed by atoms with Crippen molar-refractivity contribution in [3.05, 3.63) is 51.8 Å². The fraction of sp³-hybridized carbons (Fsp3) is 0.231. The summed E-state index contributed by atoms with van der Waals surface area (Å²) in [5.74, 6) is 0.00630. The first-order valence-corrected chi connectivity index (χ1v) is 6.36. The normalized spacial score (nSPS) is 10.4. The van der Waals surface area contributed by atoms with Gasteiger partial charge in [-0.15, -0.1) is 0 Å². The van der Waals surface area contributed by atoms with Gasteiger partial charge in [-0.25, -0.2) is 0 Å². The standard InChI is InChI=1S/C13H14BrN3O/c1-9-5-11(3-4-12(9)14)13(18)17(2)8-10-6-15-16-7-10/h3-7H,8H2,1-2H3,(H,15,16). The lowest BCUT2D eigenvalue weighted by molar-refractivity contribution is 0.0785. The minimum atomic E-state index is 0.00630. The van der Waals surface area contributed by atoms with Gasteiger partial charge in [0, 0.05) is 35.4 Å². The molecule has 94 valence electrons. The number of benzene rings is 1. The number of rotatable bonds is 3. The van der Waals surface area contributed by atoms with Crippen LogP contribution in [0.4, 0.5) is 0 Å². The van der Waals surface area contributed by atoms with E-state index in [1.807, 2.05) is 25.1 Å². The molecule has 0 aliphatic rings. The third-order valence-electron chi connectivity index (χ3n) is 2.73. The van der Waals surface area contributed by atoms with Crippen LogP contribution in [0, 0.1) is 6.92 Å². The third kappa shape index (κ3) is 2.79. The van der Waals surface area contributed by atoms with Gasteiger partial charge in [0.15, 0.2) is 0 Å². The number of amides is 1. The maximum absolute atomic E-state index is 12.2. The molecule has 0 saturated carbocycles. The zero-order chi connectivity index (χ0) is 13.1. The lowest BCUT2D eigenvalue weighted by Gasteiger charge is -2.16. The molecule has 0 atom stereocenters. The molecule has 1 N–H and O–H groups in total. The molecule has 0 spiro atoms. The summed E-state index contributed by atoms with van der Waals surface area (Å²) in [5.41, 5.74) is 2.74. The number of hydrogen-bond acceptors (Lipinski definition) is 2. The summed E-state index contributed by atoms with van der Waals surface area (Å²) in [6.45, 7) is 2.52. The Morgan fingerprint density at radius 1 is 1.50 bits per heavy atom. The molecular weight excluding hydrogens is 294 g/mol. The van der Waals surface area contributed by atoms with Crippen LogP contribution in [0.2, 0.25) is 0 Å². The molecule has 0 saturated heterocycles. The highest BCUT2D eigenvalue weighted by Crippen LogP contribution is 2.18. The molecule has 0 aliphatic carbocycles. The van der Waals surface area contributed by atoms with E-state index >= 15 is 0 Å². The van der Waals surface area contributed by atoms with Crippen molar-refractivity contribution in [1.29, 1.82) is 0 Å². The van der Waals surface area contributed by atoms with Crippen molar-refractivity contribution in [2.45, 2.75) is 13.5 Å². The van der Waals surface area contributed by atoms with Gasteiger partial charge in [0.05, 0.1) is 6.20 Å². The van der Waals surface area contributed by atoms with E-state index in [0.717, 1.165) is 15.6 Å². The van der Waals surface area contributed by atoms with Crippen molar-refractivity contribution in [2.75, 3.05) is 7.05 Å². The average molecular weight is 308 g/mol. The largest absolute Gasteiger partial charge is 0.337 e. The van der Waals surface area contributed by atoms with Crippen molar-refractivity contribution in [3.63, 3.8) is 0 Å². The first-order chi connectivity index (χ1) is 8.58. The Labute approximate surface area is 114 Å². The van der Waals surface area contributed by atoms with Crippen LogP contribution in [0.1, 0.15) is 21.5 Å². The van der Waals surface area contributed by atoms with Gasteiger partial charge >= 0.3 is 0 Å². The Morgan fingerprint density at radius 3 is 2.89 bits per heavy atom. The zero-order valence-electron chi connectivity index (χ0n) is 10.3. The fourth-order valence-electron chi connectivity index (χ4n) is 1.71. The van der Waals surface area contributed by atoms with Gasteiger partial charge in [-0.3, -0.25) is 9.89 Å². The third-order valence-corrected chi connectivity index (χ3v) is 3.62. The van der Waals surface area contributed by atoms with Crippen LogP contribution < -0.4 is 0 Å². The van der Waals surface area contributed by atoms with Crippen molar-refractivity contribution >= 4 is 21.8 Å². The second kappa shape index (κ2) is 5.35. The molecule has 2 rings (SSSR count). The first kappa shape index (κ1) is 12.8. The van der Waals surface area contributed by atoms with Gasteiger partial charge in [0.25, 0.3) is 5.91 Å². The quantitative estimate of drug-likeness (QED) is 0.948. The number of carbonyl (C=O) groups is 1. The van der Waals surface area contributed by atoms with E-state index in [9.17, 15) is 4.79 Å². The van der Waals surface area contributed by atoms with Gasteiger partial charge in [-0.1, -0.05) is 15.9 Å². The van der Waals surface area contributed by atoms with Gasteiger partial charge in [-0.2, -0.15) is 5.10 Å². The summed E-state index contributed by atoms with van der Waals surface area (Å²) in [4.78, 5) is 13.9. The number of aromatic amines is 1. The second-order valence-corrected chi connectivity index (χ2v) is 5.09. The molecule has 0 unspecified atom stereocenters. The Balaban J connectivity index is 2.12. The summed E-state index contributed by atoms with van der Waals surface area (Å²) in [6.07, 6.45) is 3.51. The molecule has 0 radical (unpaired) electrons. The van der Waals surface area contributed by atoms with Crippen LogP contribution >= 0.6 is 15.9 Å². The number of nitrogens with zero attached hydrogens (tertiary/aromatic N) is 2. The number of aryl methyl sites for hydroxylation is 1. The molecule has 4 nitrogen and oxygen atoms in total. The van der Waals surface area contributed by atoms with Crippen LogP contribution in [0.5, 0.6) is 0 Å². The Bertz CT molecular complexity index is 551. The molecule has 0 aliphatic heterocycles. The van der Waals surface area contributed by atoms with Gasteiger partial charge < -0.3 is 4.90 Å². The molecule has 1 heterocycles. The van der Waals surface area contributed by atoms with Gasteiger partial charge in [-0.05, 0) is 30.7 Å². The number of H-pyrrole nitrogens is 1. The lowest BCUT2D eigenvalue weighted by atomic mass is 10.1. The van der Waals surface area contributed by atoms with Crippen molar-refractivity contribution in [2.24, 2.45) is 0 Å². The Hall–Kier alpha value is -1.62. The topological polar surface area (TPSA) is 49.0 Å². The molecule has 0 bridgehead atoms. The predicted octanol–water partition coefficient (Wildman–Crippen LogP) is 2.75. The lowest BCUT2D eigenvalue weighted by Crippen LogP contribution is -2.26. The molecule has 18 heavy (non-hydrogen) atoms. The maximum atomic E-state index is 12.2. The number of hydrogen-bond donors (Lipinski definition) is 1. The predicted molar refractivity (Wildman–Crippen MR) is 73.3 cm³/mol. The van der Waals surface area contributed by atoms with Crippen molar-refractivity contribution in [3.8, 4) is 0 Å². The van der Waals surface area contributed by atoms with Crippen LogP contribution in [0.25, 0.3) is 0 Å². The van der Waals surface area contributed by atoms with Gasteiger partial charge in [0.1, 0.15) is 0 Å². The SMILES string of the molecule is Cc1cc(C(=O)N(C)Cc2cn[nH]c2)ccc1Br. The molecule has 0 fully saturated rings. The van der Waals surface area contributed by atoms with E-state index in [2.05, 4.69) is 26.1 Å². The maximum Gasteiger partial charge on any atom is 0.253 e. The summed E-state index contributed by atoms with van der Waals surface area (Å²) < 4.78 is 1.01. The number of aromatic nitrogens is 2. The summed E-state index contributed by atoms with van der Waals surface area (Å²) in [7, 11) is 1.78. The Morgan fingerprint density at radius 2 is 2.28 bits per heavy atom. The second-order valence-electron chi connectivity index (χ2n) is 4.23. The molecule has 2 aromatic rings. The number of carbonyl (C=O) groups excluding carboxylic acids is 1. The highest BCUT2D eigenvalue weighted by atomic mass is 79.9. The molecule has 5 heteroatoms. The van der Waals surface area contributed by atoms with Crippen LogP contribution in [0.15, 0.2) is 35.1 Å². The molecule has 1 aromatic heterocycles. The smallest absolute Gasteiger partial charge is 0.253 e. The van der Waals surface area contributed by atoms with Gasteiger partial charge in [0.2, 0.25) is 0 Å². The van der Waals surface area contributed by atoms with E-state index in [1.54, 1.807) is 24.3 Å². The zero-order valence-corrected chi connectivity index (χ0v) is 11.9. The molecular formula is C13H14BrN3O. The van der Waals surface area contributed by atoms with Crippen LogP contribution in [-0.4, -0.2) is 28.1 Å².